The summed E-state index contributed by atoms with van der Waals surface area (Å²) in [5, 5.41) is 2.30. The van der Waals surface area contributed by atoms with Crippen molar-refractivity contribution in [2.75, 3.05) is 6.54 Å². The maximum atomic E-state index is 12.4. The minimum atomic E-state index is -0.196. The van der Waals surface area contributed by atoms with Crippen LogP contribution in [0.25, 0.3) is 10.9 Å². The van der Waals surface area contributed by atoms with E-state index in [0.717, 1.165) is 5.76 Å². The van der Waals surface area contributed by atoms with E-state index in [2.05, 4.69) is 9.97 Å². The number of furan rings is 1. The maximum absolute atomic E-state index is 12.4. The van der Waals surface area contributed by atoms with Crippen molar-refractivity contribution in [1.82, 2.24) is 14.9 Å². The number of carbonyl (C=O) groups is 1. The highest BCUT2D eigenvalue weighted by Crippen LogP contribution is 2.14. The number of H-pyrrole nitrogens is 1. The molecule has 3 rings (SSSR count). The van der Waals surface area contributed by atoms with Gasteiger partial charge >= 0.3 is 0 Å². The van der Waals surface area contributed by atoms with Gasteiger partial charge in [0.2, 0.25) is 5.91 Å². The van der Waals surface area contributed by atoms with Gasteiger partial charge in [-0.2, -0.15) is 0 Å². The van der Waals surface area contributed by atoms with Gasteiger partial charge in [-0.3, -0.25) is 9.59 Å². The molecular weight excluding hydrogens is 350 g/mol. The van der Waals surface area contributed by atoms with E-state index in [9.17, 15) is 9.59 Å². The Morgan fingerprint density at radius 3 is 2.92 bits per heavy atom. The summed E-state index contributed by atoms with van der Waals surface area (Å²) in [6, 6.07) is 10.9. The number of aromatic amines is 1. The number of fused-ring (bicyclic) bond motifs is 1. The van der Waals surface area contributed by atoms with E-state index >= 15 is 0 Å². The number of carbonyl (C=O) groups excluding carboxylic acids is 1. The van der Waals surface area contributed by atoms with Crippen LogP contribution in [0, 0.1) is 0 Å². The van der Waals surface area contributed by atoms with Crippen molar-refractivity contribution in [3.05, 3.63) is 76.1 Å². The van der Waals surface area contributed by atoms with Crippen LogP contribution in [0.5, 0.6) is 0 Å². The molecule has 2 aromatic heterocycles. The Morgan fingerprint density at radius 1 is 1.31 bits per heavy atom. The molecule has 0 bridgehead atoms. The van der Waals surface area contributed by atoms with E-state index in [4.69, 9.17) is 4.42 Å². The number of thioether (sulfide) groups is 1. The second kappa shape index (κ2) is 8.53. The number of likely N-dealkylation sites (N-methyl/N-ethyl adjacent to an activating group) is 1. The Balaban J connectivity index is 1.65. The Morgan fingerprint density at radius 2 is 2.15 bits per heavy atom. The largest absolute Gasteiger partial charge is 0.468 e. The van der Waals surface area contributed by atoms with Gasteiger partial charge < -0.3 is 14.3 Å². The SMILES string of the molecule is CCN(Cc1nc2ccccc2c(=O)[nH]1)C(=O)C=CSCc1ccco1. The van der Waals surface area contributed by atoms with Crippen molar-refractivity contribution >= 4 is 28.6 Å². The van der Waals surface area contributed by atoms with Crippen molar-refractivity contribution in [2.45, 2.75) is 19.2 Å². The molecule has 7 heteroatoms. The summed E-state index contributed by atoms with van der Waals surface area (Å²) in [6.45, 7) is 2.66. The van der Waals surface area contributed by atoms with Crippen LogP contribution in [0.2, 0.25) is 0 Å². The lowest BCUT2D eigenvalue weighted by Gasteiger charge is -2.18. The van der Waals surface area contributed by atoms with E-state index in [0.29, 0.717) is 29.0 Å². The van der Waals surface area contributed by atoms with Crippen LogP contribution in [-0.2, 0) is 17.1 Å². The van der Waals surface area contributed by atoms with Crippen LogP contribution in [0.3, 0.4) is 0 Å². The predicted octanol–water partition coefficient (Wildman–Crippen LogP) is 3.31. The molecular formula is C19H19N3O3S. The maximum Gasteiger partial charge on any atom is 0.258 e. The molecule has 1 amide bonds. The quantitative estimate of drug-likeness (QED) is 0.647. The molecule has 0 radical (unpaired) electrons. The molecule has 134 valence electrons. The molecule has 0 atom stereocenters. The first-order chi connectivity index (χ1) is 12.7. The number of nitrogens with one attached hydrogen (secondary N) is 1. The molecule has 6 nitrogen and oxygen atoms in total. The summed E-state index contributed by atoms with van der Waals surface area (Å²) in [4.78, 5) is 33.3. The van der Waals surface area contributed by atoms with E-state index < -0.39 is 0 Å². The first-order valence-electron chi connectivity index (χ1n) is 8.24. The van der Waals surface area contributed by atoms with Gasteiger partial charge in [-0.05, 0) is 36.6 Å². The number of nitrogens with zero attached hydrogens (tertiary/aromatic N) is 2. The molecule has 0 aliphatic carbocycles. The minimum Gasteiger partial charge on any atom is -0.468 e. The molecule has 0 saturated heterocycles. The summed E-state index contributed by atoms with van der Waals surface area (Å²) >= 11 is 1.48. The Labute approximate surface area is 154 Å². The summed E-state index contributed by atoms with van der Waals surface area (Å²) < 4.78 is 5.24. The van der Waals surface area contributed by atoms with Gasteiger partial charge in [-0.25, -0.2) is 4.98 Å². The van der Waals surface area contributed by atoms with Gasteiger partial charge in [0.15, 0.2) is 0 Å². The third kappa shape index (κ3) is 4.43. The van der Waals surface area contributed by atoms with E-state index in [1.165, 1.54) is 17.8 Å². The van der Waals surface area contributed by atoms with Crippen molar-refractivity contribution in [1.29, 1.82) is 0 Å². The lowest BCUT2D eigenvalue weighted by Crippen LogP contribution is -2.30. The first kappa shape index (κ1) is 18.0. The summed E-state index contributed by atoms with van der Waals surface area (Å²) in [5.41, 5.74) is 0.429. The van der Waals surface area contributed by atoms with Crippen molar-refractivity contribution in [2.24, 2.45) is 0 Å². The second-order valence-electron chi connectivity index (χ2n) is 5.58. The van der Waals surface area contributed by atoms with Crippen LogP contribution < -0.4 is 5.56 Å². The Kier molecular flexibility index (Phi) is 5.91. The highest BCUT2D eigenvalue weighted by molar-refractivity contribution is 8.01. The number of hydrogen-bond acceptors (Lipinski definition) is 5. The lowest BCUT2D eigenvalue weighted by molar-refractivity contribution is -0.126. The third-order valence-electron chi connectivity index (χ3n) is 3.81. The number of rotatable bonds is 7. The highest BCUT2D eigenvalue weighted by Gasteiger charge is 2.12. The van der Waals surface area contributed by atoms with Crippen LogP contribution in [0.1, 0.15) is 18.5 Å². The monoisotopic (exact) mass is 369 g/mol. The van der Waals surface area contributed by atoms with E-state index in [1.807, 2.05) is 25.1 Å². The molecule has 1 aromatic carbocycles. The number of amides is 1. The molecule has 0 saturated carbocycles. The van der Waals surface area contributed by atoms with Gasteiger partial charge in [0, 0.05) is 12.6 Å². The molecule has 3 aromatic rings. The third-order valence-corrected chi connectivity index (χ3v) is 4.59. The molecule has 1 N–H and O–H groups in total. The molecule has 0 fully saturated rings. The van der Waals surface area contributed by atoms with Crippen molar-refractivity contribution < 1.29 is 9.21 Å². The second-order valence-corrected chi connectivity index (χ2v) is 6.47. The molecule has 0 aliphatic rings. The smallest absolute Gasteiger partial charge is 0.258 e. The van der Waals surface area contributed by atoms with E-state index in [1.54, 1.807) is 34.8 Å². The predicted molar refractivity (Wildman–Crippen MR) is 103 cm³/mol. The zero-order chi connectivity index (χ0) is 18.4. The van der Waals surface area contributed by atoms with Crippen LogP contribution in [0.15, 0.2) is 63.4 Å². The zero-order valence-electron chi connectivity index (χ0n) is 14.3. The number of para-hydroxylation sites is 1. The van der Waals surface area contributed by atoms with Gasteiger partial charge in [0.25, 0.3) is 5.56 Å². The molecule has 0 spiro atoms. The average molecular weight is 369 g/mol. The van der Waals surface area contributed by atoms with Gasteiger partial charge in [-0.1, -0.05) is 12.1 Å². The molecule has 0 unspecified atom stereocenters. The molecule has 2 heterocycles. The standard InChI is InChI=1S/C19H19N3O3S/c1-2-22(18(23)9-11-26-13-14-6-5-10-25-14)12-17-20-16-8-4-3-7-15(16)19(24)21-17/h3-11H,2,12-13H2,1H3,(H,20,21,24). The summed E-state index contributed by atoms with van der Waals surface area (Å²) in [7, 11) is 0. The topological polar surface area (TPSA) is 79.2 Å². The Bertz CT molecular complexity index is 964. The Hall–Kier alpha value is -2.80. The normalized spacial score (nSPS) is 11.3. The van der Waals surface area contributed by atoms with Crippen molar-refractivity contribution in [3.8, 4) is 0 Å². The average Bonchev–Trinajstić information content (AvgIpc) is 3.16. The van der Waals surface area contributed by atoms with Gasteiger partial charge in [0.05, 0.1) is 29.5 Å². The van der Waals surface area contributed by atoms with Crippen LogP contribution in [0.4, 0.5) is 0 Å². The fourth-order valence-corrected chi connectivity index (χ4v) is 3.11. The van der Waals surface area contributed by atoms with Crippen molar-refractivity contribution in [3.63, 3.8) is 0 Å². The van der Waals surface area contributed by atoms with Crippen LogP contribution >= 0.6 is 11.8 Å². The molecule has 26 heavy (non-hydrogen) atoms. The fraction of sp³-hybridized carbons (Fsp3) is 0.211. The highest BCUT2D eigenvalue weighted by atomic mass is 32.2. The van der Waals surface area contributed by atoms with Gasteiger partial charge in [0.1, 0.15) is 11.6 Å². The number of benzene rings is 1. The van der Waals surface area contributed by atoms with E-state index in [-0.39, 0.29) is 18.0 Å². The number of aromatic nitrogens is 2. The first-order valence-corrected chi connectivity index (χ1v) is 9.29. The lowest BCUT2D eigenvalue weighted by atomic mass is 10.2. The minimum absolute atomic E-state index is 0.129. The summed E-state index contributed by atoms with van der Waals surface area (Å²) in [6.07, 6.45) is 3.15. The fourth-order valence-electron chi connectivity index (χ4n) is 2.47. The zero-order valence-corrected chi connectivity index (χ0v) is 15.2. The van der Waals surface area contributed by atoms with Crippen LogP contribution in [-0.4, -0.2) is 27.3 Å². The molecule has 0 aliphatic heterocycles. The summed E-state index contributed by atoms with van der Waals surface area (Å²) in [5.74, 6) is 1.87. The van der Waals surface area contributed by atoms with Gasteiger partial charge in [-0.15, -0.1) is 11.8 Å². The number of hydrogen-bond donors (Lipinski definition) is 1.